The van der Waals surface area contributed by atoms with Gasteiger partial charge in [-0.05, 0) is 30.2 Å². The number of aryl methyl sites for hydroxylation is 1. The van der Waals surface area contributed by atoms with E-state index in [2.05, 4.69) is 0 Å². The zero-order valence-corrected chi connectivity index (χ0v) is 8.54. The molecule has 1 fully saturated rings. The van der Waals surface area contributed by atoms with E-state index in [0.717, 1.165) is 16.9 Å². The van der Waals surface area contributed by atoms with Gasteiger partial charge in [0.05, 0.1) is 25.9 Å². The Balaban J connectivity index is 2.35. The van der Waals surface area contributed by atoms with Crippen molar-refractivity contribution in [3.63, 3.8) is 0 Å². The van der Waals surface area contributed by atoms with Crippen molar-refractivity contribution in [3.8, 4) is 5.75 Å². The lowest BCUT2D eigenvalue weighted by molar-refractivity contribution is -0.0572. The van der Waals surface area contributed by atoms with Crippen LogP contribution in [0.25, 0.3) is 0 Å². The maximum Gasteiger partial charge on any atom is 0.119 e. The van der Waals surface area contributed by atoms with Crippen molar-refractivity contribution in [3.05, 3.63) is 29.3 Å². The second kappa shape index (κ2) is 3.26. The van der Waals surface area contributed by atoms with E-state index in [4.69, 9.17) is 15.2 Å². The van der Waals surface area contributed by atoms with Crippen LogP contribution in [0.2, 0.25) is 0 Å². The lowest BCUT2D eigenvalue weighted by Crippen LogP contribution is -2.54. The average Bonchev–Trinajstić information content (AvgIpc) is 2.14. The molecule has 0 aliphatic carbocycles. The van der Waals surface area contributed by atoms with Gasteiger partial charge in [0, 0.05) is 0 Å². The van der Waals surface area contributed by atoms with Crippen molar-refractivity contribution >= 4 is 0 Å². The van der Waals surface area contributed by atoms with Crippen LogP contribution < -0.4 is 10.5 Å². The molecule has 2 N–H and O–H groups in total. The summed E-state index contributed by atoms with van der Waals surface area (Å²) in [6.07, 6.45) is 0. The number of hydrogen-bond donors (Lipinski definition) is 1. The van der Waals surface area contributed by atoms with E-state index in [1.807, 2.05) is 25.1 Å². The molecule has 0 atom stereocenters. The van der Waals surface area contributed by atoms with Crippen LogP contribution in [0.15, 0.2) is 18.2 Å². The van der Waals surface area contributed by atoms with Gasteiger partial charge in [-0.25, -0.2) is 0 Å². The quantitative estimate of drug-likeness (QED) is 0.767. The second-order valence-electron chi connectivity index (χ2n) is 3.83. The van der Waals surface area contributed by atoms with Crippen molar-refractivity contribution < 1.29 is 9.47 Å². The molecular weight excluding hydrogens is 178 g/mol. The molecule has 3 heteroatoms. The van der Waals surface area contributed by atoms with Crippen LogP contribution in [0.3, 0.4) is 0 Å². The number of nitrogens with two attached hydrogens (primary N) is 1. The molecule has 2 rings (SSSR count). The third kappa shape index (κ3) is 1.38. The van der Waals surface area contributed by atoms with E-state index in [-0.39, 0.29) is 5.54 Å². The van der Waals surface area contributed by atoms with Crippen molar-refractivity contribution in [1.82, 2.24) is 0 Å². The van der Waals surface area contributed by atoms with Gasteiger partial charge < -0.3 is 15.2 Å². The van der Waals surface area contributed by atoms with Gasteiger partial charge in [0.1, 0.15) is 5.75 Å². The van der Waals surface area contributed by atoms with Crippen molar-refractivity contribution in [2.24, 2.45) is 5.73 Å². The topological polar surface area (TPSA) is 44.5 Å². The Morgan fingerprint density at radius 1 is 1.43 bits per heavy atom. The number of hydrogen-bond acceptors (Lipinski definition) is 3. The zero-order chi connectivity index (χ0) is 10.2. The SMILES string of the molecule is COc1ccc(C2(N)COC2)c(C)c1. The Bertz CT molecular complexity index is 345. The highest BCUT2D eigenvalue weighted by molar-refractivity contribution is 5.40. The molecule has 1 aliphatic heterocycles. The Kier molecular flexibility index (Phi) is 2.21. The molecule has 76 valence electrons. The van der Waals surface area contributed by atoms with Crippen LogP contribution in [0.1, 0.15) is 11.1 Å². The molecule has 1 heterocycles. The molecule has 3 nitrogen and oxygen atoms in total. The fraction of sp³-hybridized carbons (Fsp3) is 0.455. The van der Waals surface area contributed by atoms with E-state index in [9.17, 15) is 0 Å². The first-order chi connectivity index (χ1) is 6.65. The molecule has 0 spiro atoms. The minimum absolute atomic E-state index is 0.281. The summed E-state index contributed by atoms with van der Waals surface area (Å²) in [6.45, 7) is 3.27. The first kappa shape index (κ1) is 9.49. The lowest BCUT2D eigenvalue weighted by Gasteiger charge is -2.39. The average molecular weight is 193 g/mol. The van der Waals surface area contributed by atoms with Gasteiger partial charge in [0.25, 0.3) is 0 Å². The van der Waals surface area contributed by atoms with Gasteiger partial charge in [-0.1, -0.05) is 6.07 Å². The molecule has 0 aromatic heterocycles. The van der Waals surface area contributed by atoms with Crippen molar-refractivity contribution in [2.75, 3.05) is 20.3 Å². The minimum atomic E-state index is -0.281. The summed E-state index contributed by atoms with van der Waals surface area (Å²) in [5, 5.41) is 0. The summed E-state index contributed by atoms with van der Waals surface area (Å²) >= 11 is 0. The molecule has 0 radical (unpaired) electrons. The third-order valence-electron chi connectivity index (χ3n) is 2.69. The smallest absolute Gasteiger partial charge is 0.119 e. The Labute approximate surface area is 83.8 Å². The van der Waals surface area contributed by atoms with E-state index in [1.165, 1.54) is 0 Å². The van der Waals surface area contributed by atoms with Crippen LogP contribution in [0, 0.1) is 6.92 Å². The molecule has 1 aliphatic rings. The van der Waals surface area contributed by atoms with Crippen LogP contribution in [-0.4, -0.2) is 20.3 Å². The Morgan fingerprint density at radius 2 is 2.14 bits per heavy atom. The van der Waals surface area contributed by atoms with Crippen LogP contribution >= 0.6 is 0 Å². The van der Waals surface area contributed by atoms with Gasteiger partial charge in [0.2, 0.25) is 0 Å². The molecule has 14 heavy (non-hydrogen) atoms. The summed E-state index contributed by atoms with van der Waals surface area (Å²) < 4.78 is 10.3. The molecule has 1 aromatic rings. The van der Waals surface area contributed by atoms with Gasteiger partial charge in [0.15, 0.2) is 0 Å². The molecular formula is C11H15NO2. The van der Waals surface area contributed by atoms with Gasteiger partial charge >= 0.3 is 0 Å². The monoisotopic (exact) mass is 193 g/mol. The molecule has 0 bridgehead atoms. The first-order valence-electron chi connectivity index (χ1n) is 4.67. The van der Waals surface area contributed by atoms with Gasteiger partial charge in [-0.3, -0.25) is 0 Å². The number of ether oxygens (including phenoxy) is 2. The number of rotatable bonds is 2. The molecule has 0 amide bonds. The van der Waals surface area contributed by atoms with Gasteiger partial charge in [-0.2, -0.15) is 0 Å². The highest BCUT2D eigenvalue weighted by Gasteiger charge is 2.37. The lowest BCUT2D eigenvalue weighted by atomic mass is 9.86. The number of benzene rings is 1. The summed E-state index contributed by atoms with van der Waals surface area (Å²) in [5.74, 6) is 0.870. The maximum absolute atomic E-state index is 6.15. The predicted molar refractivity (Wildman–Crippen MR) is 54.4 cm³/mol. The highest BCUT2D eigenvalue weighted by Crippen LogP contribution is 2.30. The van der Waals surface area contributed by atoms with E-state index in [1.54, 1.807) is 7.11 Å². The van der Waals surface area contributed by atoms with Crippen molar-refractivity contribution in [2.45, 2.75) is 12.5 Å². The van der Waals surface area contributed by atoms with Crippen molar-refractivity contribution in [1.29, 1.82) is 0 Å². The van der Waals surface area contributed by atoms with Crippen LogP contribution in [-0.2, 0) is 10.3 Å². The summed E-state index contributed by atoms with van der Waals surface area (Å²) in [6, 6.07) is 5.97. The normalized spacial score (nSPS) is 18.8. The Hall–Kier alpha value is -1.06. The number of methoxy groups -OCH3 is 1. The summed E-state index contributed by atoms with van der Waals surface area (Å²) in [5.41, 5.74) is 8.19. The third-order valence-corrected chi connectivity index (χ3v) is 2.69. The fourth-order valence-electron chi connectivity index (χ4n) is 1.80. The van der Waals surface area contributed by atoms with E-state index >= 15 is 0 Å². The summed E-state index contributed by atoms with van der Waals surface area (Å²) in [7, 11) is 1.67. The molecule has 1 aromatic carbocycles. The van der Waals surface area contributed by atoms with E-state index < -0.39 is 0 Å². The van der Waals surface area contributed by atoms with Crippen LogP contribution in [0.4, 0.5) is 0 Å². The zero-order valence-electron chi connectivity index (χ0n) is 8.54. The molecule has 0 saturated carbocycles. The fourth-order valence-corrected chi connectivity index (χ4v) is 1.80. The second-order valence-corrected chi connectivity index (χ2v) is 3.83. The maximum atomic E-state index is 6.15. The van der Waals surface area contributed by atoms with Crippen LogP contribution in [0.5, 0.6) is 5.75 Å². The molecule has 1 saturated heterocycles. The minimum Gasteiger partial charge on any atom is -0.497 e. The summed E-state index contributed by atoms with van der Waals surface area (Å²) in [4.78, 5) is 0. The standard InChI is InChI=1S/C11H15NO2/c1-8-5-9(13-2)3-4-10(8)11(12)6-14-7-11/h3-5H,6-7,12H2,1-2H3. The largest absolute Gasteiger partial charge is 0.497 e. The highest BCUT2D eigenvalue weighted by atomic mass is 16.5. The molecule has 0 unspecified atom stereocenters. The predicted octanol–water partition coefficient (Wildman–Crippen LogP) is 1.19. The van der Waals surface area contributed by atoms with Gasteiger partial charge in [-0.15, -0.1) is 0 Å². The van der Waals surface area contributed by atoms with E-state index in [0.29, 0.717) is 13.2 Å². The first-order valence-corrected chi connectivity index (χ1v) is 4.67. The Morgan fingerprint density at radius 3 is 2.57 bits per heavy atom.